The van der Waals surface area contributed by atoms with Crippen LogP contribution in [-0.2, 0) is 0 Å². The van der Waals surface area contributed by atoms with Crippen molar-refractivity contribution in [3.63, 3.8) is 0 Å². The van der Waals surface area contributed by atoms with Crippen LogP contribution in [0, 0.1) is 28.1 Å². The molecule has 0 spiro atoms. The van der Waals surface area contributed by atoms with E-state index in [1.165, 1.54) is 0 Å². The van der Waals surface area contributed by atoms with Crippen LogP contribution in [0.5, 0.6) is 0 Å². The van der Waals surface area contributed by atoms with E-state index < -0.39 is 23.4 Å². The SMILES string of the molecule is N#CC1(C#N)[C@H](c2ccc(Cl)cc2Cl)[C@H](C(=O)c2ccccc2)N2c3ccccc3C=C[C@H]21. The number of rotatable bonds is 3. The first-order chi connectivity index (χ1) is 16.0. The summed E-state index contributed by atoms with van der Waals surface area (Å²) in [7, 11) is 0. The van der Waals surface area contributed by atoms with Gasteiger partial charge < -0.3 is 4.90 Å². The van der Waals surface area contributed by atoms with Crippen molar-refractivity contribution in [2.45, 2.75) is 18.0 Å². The van der Waals surface area contributed by atoms with Gasteiger partial charge in [0.25, 0.3) is 0 Å². The van der Waals surface area contributed by atoms with Gasteiger partial charge in [-0.3, -0.25) is 4.79 Å². The number of nitriles is 2. The predicted octanol–water partition coefficient (Wildman–Crippen LogP) is 6.28. The zero-order valence-corrected chi connectivity index (χ0v) is 18.8. The molecule has 1 fully saturated rings. The minimum absolute atomic E-state index is 0.172. The third kappa shape index (κ3) is 3.15. The van der Waals surface area contributed by atoms with E-state index >= 15 is 0 Å². The number of hydrogen-bond donors (Lipinski definition) is 0. The topological polar surface area (TPSA) is 67.9 Å². The van der Waals surface area contributed by atoms with Crippen molar-refractivity contribution in [3.8, 4) is 12.1 Å². The van der Waals surface area contributed by atoms with E-state index in [-0.39, 0.29) is 5.78 Å². The van der Waals surface area contributed by atoms with Crippen molar-refractivity contribution in [3.05, 3.63) is 106 Å². The molecule has 0 amide bonds. The summed E-state index contributed by atoms with van der Waals surface area (Å²) in [4.78, 5) is 16.0. The first kappa shape index (κ1) is 21.3. The molecule has 0 unspecified atom stereocenters. The lowest BCUT2D eigenvalue weighted by atomic mass is 9.69. The van der Waals surface area contributed by atoms with Crippen molar-refractivity contribution in [1.29, 1.82) is 10.5 Å². The number of anilines is 1. The summed E-state index contributed by atoms with van der Waals surface area (Å²) < 4.78 is 0. The Bertz CT molecular complexity index is 1360. The van der Waals surface area contributed by atoms with Gasteiger partial charge in [-0.1, -0.05) is 90.0 Å². The molecule has 33 heavy (non-hydrogen) atoms. The van der Waals surface area contributed by atoms with Crippen molar-refractivity contribution in [2.75, 3.05) is 4.90 Å². The summed E-state index contributed by atoms with van der Waals surface area (Å²) in [6.07, 6.45) is 3.76. The fourth-order valence-corrected chi connectivity index (χ4v) is 5.63. The van der Waals surface area contributed by atoms with Crippen LogP contribution in [0.1, 0.15) is 27.4 Å². The van der Waals surface area contributed by atoms with E-state index in [0.29, 0.717) is 21.2 Å². The highest BCUT2D eigenvalue weighted by atomic mass is 35.5. The number of Topliss-reactive ketones (excluding diaryl/α,β-unsaturated/α-hetero) is 1. The highest BCUT2D eigenvalue weighted by Crippen LogP contribution is 2.56. The Kier molecular flexibility index (Phi) is 5.22. The number of para-hydroxylation sites is 1. The van der Waals surface area contributed by atoms with Gasteiger partial charge in [-0.2, -0.15) is 10.5 Å². The molecular formula is C27H17Cl2N3O. The second kappa shape index (κ2) is 8.09. The molecule has 2 aliphatic rings. The third-order valence-electron chi connectivity index (χ3n) is 6.54. The van der Waals surface area contributed by atoms with Crippen LogP contribution in [0.3, 0.4) is 0 Å². The number of carbonyl (C=O) groups is 1. The second-order valence-electron chi connectivity index (χ2n) is 8.18. The van der Waals surface area contributed by atoms with Crippen molar-refractivity contribution >= 4 is 40.7 Å². The van der Waals surface area contributed by atoms with E-state index in [1.807, 2.05) is 47.4 Å². The molecule has 0 aromatic heterocycles. The number of benzene rings is 3. The lowest BCUT2D eigenvalue weighted by Crippen LogP contribution is -2.44. The molecule has 3 aromatic carbocycles. The second-order valence-corrected chi connectivity index (χ2v) is 9.02. The lowest BCUT2D eigenvalue weighted by Gasteiger charge is -2.35. The number of nitrogens with zero attached hydrogens (tertiary/aromatic N) is 3. The van der Waals surface area contributed by atoms with Gasteiger partial charge in [-0.05, 0) is 29.3 Å². The molecule has 4 nitrogen and oxygen atoms in total. The average molecular weight is 470 g/mol. The van der Waals surface area contributed by atoms with E-state index in [0.717, 1.165) is 11.3 Å². The van der Waals surface area contributed by atoms with Gasteiger partial charge in [0.2, 0.25) is 0 Å². The maximum Gasteiger partial charge on any atom is 0.185 e. The van der Waals surface area contributed by atoms with Crippen LogP contribution in [-0.4, -0.2) is 17.9 Å². The minimum Gasteiger partial charge on any atom is -0.351 e. The Morgan fingerprint density at radius 3 is 2.33 bits per heavy atom. The van der Waals surface area contributed by atoms with Crippen molar-refractivity contribution in [1.82, 2.24) is 0 Å². The number of carbonyl (C=O) groups excluding carboxylic acids is 1. The smallest absolute Gasteiger partial charge is 0.185 e. The number of ketones is 1. The summed E-state index contributed by atoms with van der Waals surface area (Å²) in [5.41, 5.74) is 1.25. The van der Waals surface area contributed by atoms with Crippen LogP contribution in [0.25, 0.3) is 6.08 Å². The molecule has 0 radical (unpaired) electrons. The van der Waals surface area contributed by atoms with Crippen LogP contribution >= 0.6 is 23.2 Å². The molecule has 6 heteroatoms. The zero-order chi connectivity index (χ0) is 23.2. The first-order valence-electron chi connectivity index (χ1n) is 10.4. The third-order valence-corrected chi connectivity index (χ3v) is 7.10. The maximum atomic E-state index is 14.0. The zero-order valence-electron chi connectivity index (χ0n) is 17.3. The number of hydrogen-bond acceptors (Lipinski definition) is 4. The van der Waals surface area contributed by atoms with E-state index in [1.54, 1.807) is 42.5 Å². The van der Waals surface area contributed by atoms with Crippen molar-refractivity contribution < 1.29 is 4.79 Å². The van der Waals surface area contributed by atoms with Gasteiger partial charge in [-0.15, -0.1) is 0 Å². The fraction of sp³-hybridized carbons (Fsp3) is 0.148. The van der Waals surface area contributed by atoms with Crippen LogP contribution in [0.15, 0.2) is 78.9 Å². The van der Waals surface area contributed by atoms with Crippen molar-refractivity contribution in [2.24, 2.45) is 5.41 Å². The Morgan fingerprint density at radius 1 is 0.939 bits per heavy atom. The Morgan fingerprint density at radius 2 is 1.64 bits per heavy atom. The van der Waals surface area contributed by atoms with E-state index in [4.69, 9.17) is 23.2 Å². The molecular weight excluding hydrogens is 453 g/mol. The van der Waals surface area contributed by atoms with Gasteiger partial charge in [0.1, 0.15) is 6.04 Å². The summed E-state index contributed by atoms with van der Waals surface area (Å²) in [5.74, 6) is -0.972. The van der Waals surface area contributed by atoms with Crippen LogP contribution < -0.4 is 4.90 Å². The molecule has 1 saturated heterocycles. The normalized spacial score (nSPS) is 22.1. The van der Waals surface area contributed by atoms with Gasteiger partial charge in [0, 0.05) is 27.2 Å². The Labute approximate surface area is 201 Å². The van der Waals surface area contributed by atoms with Gasteiger partial charge in [-0.25, -0.2) is 0 Å². The summed E-state index contributed by atoms with van der Waals surface area (Å²) in [5, 5.41) is 21.6. The summed E-state index contributed by atoms with van der Waals surface area (Å²) >= 11 is 12.8. The fourth-order valence-electron chi connectivity index (χ4n) is 5.10. The highest BCUT2D eigenvalue weighted by molar-refractivity contribution is 6.35. The Hall–Kier alpha value is -3.57. The van der Waals surface area contributed by atoms with Crippen LogP contribution in [0.4, 0.5) is 5.69 Å². The standard InChI is InChI=1S/C27H17Cl2N3O/c28-19-11-12-20(21(29)14-19)24-25(26(33)18-7-2-1-3-8-18)32-22-9-5-4-6-17(22)10-13-23(32)27(24,15-30)16-31/h1-14,23-25H/t23-,24+,25+/m0/s1. The van der Waals surface area contributed by atoms with E-state index in [2.05, 4.69) is 12.1 Å². The first-order valence-corrected chi connectivity index (χ1v) is 11.2. The lowest BCUT2D eigenvalue weighted by molar-refractivity contribution is 0.0951. The Balaban J connectivity index is 1.81. The molecule has 5 rings (SSSR count). The number of fused-ring (bicyclic) bond motifs is 3. The molecule has 2 aliphatic heterocycles. The molecule has 0 N–H and O–H groups in total. The molecule has 0 saturated carbocycles. The van der Waals surface area contributed by atoms with Gasteiger partial charge in [0.05, 0.1) is 18.2 Å². The predicted molar refractivity (Wildman–Crippen MR) is 129 cm³/mol. The largest absolute Gasteiger partial charge is 0.351 e. The number of halogens is 2. The maximum absolute atomic E-state index is 14.0. The average Bonchev–Trinajstić information content (AvgIpc) is 3.15. The van der Waals surface area contributed by atoms with Gasteiger partial charge >= 0.3 is 0 Å². The van der Waals surface area contributed by atoms with Crippen LogP contribution in [0.2, 0.25) is 10.0 Å². The molecule has 0 aliphatic carbocycles. The monoisotopic (exact) mass is 469 g/mol. The minimum atomic E-state index is -1.55. The summed E-state index contributed by atoms with van der Waals surface area (Å²) in [6, 6.07) is 24.7. The molecule has 2 heterocycles. The summed E-state index contributed by atoms with van der Waals surface area (Å²) in [6.45, 7) is 0. The molecule has 3 atom stereocenters. The molecule has 3 aromatic rings. The highest BCUT2D eigenvalue weighted by Gasteiger charge is 2.63. The quantitative estimate of drug-likeness (QED) is 0.423. The molecule has 160 valence electrons. The van der Waals surface area contributed by atoms with Gasteiger partial charge in [0.15, 0.2) is 11.2 Å². The molecule has 0 bridgehead atoms. The van der Waals surface area contributed by atoms with E-state index in [9.17, 15) is 15.3 Å².